The van der Waals surface area contributed by atoms with E-state index in [1.165, 1.54) is 25.0 Å². The van der Waals surface area contributed by atoms with Gasteiger partial charge in [0.05, 0.1) is 88.6 Å². The Morgan fingerprint density at radius 1 is 0.667 bits per heavy atom. The van der Waals surface area contributed by atoms with Gasteiger partial charge in [0.25, 0.3) is 11.4 Å². The fraction of sp³-hybridized carbons (Fsp3) is 0.739. The van der Waals surface area contributed by atoms with Crippen molar-refractivity contribution in [3.05, 3.63) is 38.4 Å². The van der Waals surface area contributed by atoms with Crippen molar-refractivity contribution in [1.82, 2.24) is 0 Å². The monoisotopic (exact) mass is 517 g/mol. The highest BCUT2D eigenvalue weighted by Gasteiger charge is 2.18. The van der Waals surface area contributed by atoms with Gasteiger partial charge < -0.3 is 33.7 Å². The topological polar surface area (TPSA) is 154 Å². The molecule has 36 heavy (non-hydrogen) atoms. The molecule has 0 heterocycles. The Kier molecular flexibility index (Phi) is 19.2. The minimum Gasteiger partial charge on any atom is -0.379 e. The molecular weight excluding hydrogens is 478 g/mol. The summed E-state index contributed by atoms with van der Waals surface area (Å²) >= 11 is 0. The molecule has 0 aliphatic heterocycles. The summed E-state index contributed by atoms with van der Waals surface area (Å²) in [5, 5.41) is 24.7. The van der Waals surface area contributed by atoms with Gasteiger partial charge in [-0.25, -0.2) is 0 Å². The summed E-state index contributed by atoms with van der Waals surface area (Å²) in [4.78, 5) is 20.5. The van der Waals surface area contributed by atoms with Crippen LogP contribution in [-0.2, 0) is 28.4 Å². The van der Waals surface area contributed by atoms with E-state index in [2.05, 4.69) is 12.2 Å². The summed E-state index contributed by atoms with van der Waals surface area (Å²) in [7, 11) is 0. The number of nitrogens with one attached hydrogen (secondary N) is 1. The minimum absolute atomic E-state index is 0.196. The number of nitrogens with zero attached hydrogens (tertiary/aromatic N) is 2. The van der Waals surface area contributed by atoms with Crippen LogP contribution in [-0.4, -0.2) is 95.7 Å². The molecule has 0 saturated carbocycles. The first-order chi connectivity index (χ1) is 17.6. The van der Waals surface area contributed by atoms with Crippen LogP contribution in [0.4, 0.5) is 17.1 Å². The number of nitro groups is 2. The van der Waals surface area contributed by atoms with Gasteiger partial charge in [-0.05, 0) is 12.5 Å². The van der Waals surface area contributed by atoms with E-state index in [1.807, 2.05) is 0 Å². The van der Waals surface area contributed by atoms with E-state index in [9.17, 15) is 20.2 Å². The molecule has 0 radical (unpaired) electrons. The number of benzene rings is 1. The molecule has 1 rings (SSSR count). The Hall–Kier alpha value is -2.42. The lowest BCUT2D eigenvalue weighted by Gasteiger charge is -2.09. The summed E-state index contributed by atoms with van der Waals surface area (Å²) in [5.41, 5.74) is -0.497. The van der Waals surface area contributed by atoms with Gasteiger partial charge in [0, 0.05) is 19.2 Å². The van der Waals surface area contributed by atoms with Crippen LogP contribution in [0.5, 0.6) is 0 Å². The molecule has 0 amide bonds. The second kappa shape index (κ2) is 21.8. The Morgan fingerprint density at radius 2 is 1.14 bits per heavy atom. The maximum absolute atomic E-state index is 11.1. The highest BCUT2D eigenvalue weighted by molar-refractivity contribution is 5.65. The molecule has 0 fully saturated rings. The largest absolute Gasteiger partial charge is 0.379 e. The quantitative estimate of drug-likeness (QED) is 0.115. The van der Waals surface area contributed by atoms with Gasteiger partial charge in [0.1, 0.15) is 5.69 Å². The summed E-state index contributed by atoms with van der Waals surface area (Å²) in [6, 6.07) is 3.44. The lowest BCUT2D eigenvalue weighted by molar-refractivity contribution is -0.393. The predicted octanol–water partition coefficient (Wildman–Crippen LogP) is 3.20. The summed E-state index contributed by atoms with van der Waals surface area (Å²) < 4.78 is 32.5. The molecule has 13 heteroatoms. The summed E-state index contributed by atoms with van der Waals surface area (Å²) in [6.07, 6.45) is 3.48. The first-order valence-electron chi connectivity index (χ1n) is 12.2. The summed E-state index contributed by atoms with van der Waals surface area (Å²) in [6.45, 7) is 8.36. The van der Waals surface area contributed by atoms with Crippen LogP contribution in [0.1, 0.15) is 26.2 Å². The van der Waals surface area contributed by atoms with E-state index < -0.39 is 9.85 Å². The summed E-state index contributed by atoms with van der Waals surface area (Å²) in [5.74, 6) is 0. The fourth-order valence-corrected chi connectivity index (χ4v) is 2.85. The molecule has 1 N–H and O–H groups in total. The number of unbranched alkanes of at least 4 members (excludes halogenated alkanes) is 2. The van der Waals surface area contributed by atoms with Crippen LogP contribution in [0, 0.1) is 20.2 Å². The van der Waals surface area contributed by atoms with E-state index in [1.54, 1.807) is 0 Å². The highest BCUT2D eigenvalue weighted by atomic mass is 16.6. The van der Waals surface area contributed by atoms with Crippen molar-refractivity contribution in [1.29, 1.82) is 0 Å². The standard InChI is InChI=1S/C23H39N3O10/c1-2-3-4-8-31-10-12-33-14-16-35-18-19-36-17-15-34-13-11-32-9-7-24-22-6-5-21(25(27)28)20-23(22)26(29)30/h5-6,20,24H,2-4,7-19H2,1H3. The van der Waals surface area contributed by atoms with Crippen LogP contribution in [0.15, 0.2) is 18.2 Å². The van der Waals surface area contributed by atoms with Gasteiger partial charge >= 0.3 is 0 Å². The number of ether oxygens (including phenoxy) is 6. The van der Waals surface area contributed by atoms with Crippen molar-refractivity contribution in [2.45, 2.75) is 26.2 Å². The van der Waals surface area contributed by atoms with Crippen LogP contribution in [0.2, 0.25) is 0 Å². The zero-order valence-corrected chi connectivity index (χ0v) is 21.0. The van der Waals surface area contributed by atoms with Crippen molar-refractivity contribution in [2.24, 2.45) is 0 Å². The first kappa shape index (κ1) is 31.6. The maximum Gasteiger partial charge on any atom is 0.299 e. The molecule has 0 aromatic heterocycles. The molecule has 1 aromatic rings. The number of nitro benzene ring substituents is 2. The van der Waals surface area contributed by atoms with E-state index in [0.717, 1.165) is 19.1 Å². The average Bonchev–Trinajstić information content (AvgIpc) is 2.87. The lowest BCUT2D eigenvalue weighted by atomic mass is 10.2. The number of hydrogen-bond acceptors (Lipinski definition) is 11. The third kappa shape index (κ3) is 16.3. The number of rotatable bonds is 25. The number of non-ortho nitro benzene ring substituents is 1. The zero-order chi connectivity index (χ0) is 26.3. The van der Waals surface area contributed by atoms with Crippen LogP contribution in [0.3, 0.4) is 0 Å². The van der Waals surface area contributed by atoms with E-state index >= 15 is 0 Å². The fourth-order valence-electron chi connectivity index (χ4n) is 2.85. The van der Waals surface area contributed by atoms with Crippen molar-refractivity contribution in [3.63, 3.8) is 0 Å². The molecule has 0 aliphatic carbocycles. The Labute approximate surface area is 211 Å². The van der Waals surface area contributed by atoms with Crippen molar-refractivity contribution in [2.75, 3.05) is 91.1 Å². The second-order valence-electron chi connectivity index (χ2n) is 7.52. The molecule has 0 saturated heterocycles. The first-order valence-corrected chi connectivity index (χ1v) is 12.2. The maximum atomic E-state index is 11.1. The van der Waals surface area contributed by atoms with Crippen molar-refractivity contribution >= 4 is 17.1 Å². The van der Waals surface area contributed by atoms with Gasteiger partial charge in [-0.2, -0.15) is 0 Å². The predicted molar refractivity (Wildman–Crippen MR) is 133 cm³/mol. The average molecular weight is 518 g/mol. The van der Waals surface area contributed by atoms with Crippen molar-refractivity contribution in [3.8, 4) is 0 Å². The van der Waals surface area contributed by atoms with Crippen LogP contribution < -0.4 is 5.32 Å². The van der Waals surface area contributed by atoms with Gasteiger partial charge in [-0.15, -0.1) is 0 Å². The Bertz CT molecular complexity index is 723. The third-order valence-electron chi connectivity index (χ3n) is 4.70. The molecule has 0 aliphatic rings. The van der Waals surface area contributed by atoms with Gasteiger partial charge in [0.2, 0.25) is 0 Å². The molecule has 0 atom stereocenters. The van der Waals surface area contributed by atoms with Crippen LogP contribution >= 0.6 is 0 Å². The van der Waals surface area contributed by atoms with Gasteiger partial charge in [-0.1, -0.05) is 19.8 Å². The molecule has 0 unspecified atom stereocenters. The highest BCUT2D eigenvalue weighted by Crippen LogP contribution is 2.28. The Balaban J connectivity index is 1.86. The van der Waals surface area contributed by atoms with Gasteiger partial charge in [0.15, 0.2) is 0 Å². The molecule has 1 aromatic carbocycles. The van der Waals surface area contributed by atoms with Crippen LogP contribution in [0.25, 0.3) is 0 Å². The zero-order valence-electron chi connectivity index (χ0n) is 21.0. The molecule has 13 nitrogen and oxygen atoms in total. The Morgan fingerprint density at radius 3 is 1.58 bits per heavy atom. The number of hydrogen-bond donors (Lipinski definition) is 1. The molecular formula is C23H39N3O10. The normalized spacial score (nSPS) is 11.0. The lowest BCUT2D eigenvalue weighted by Crippen LogP contribution is -2.15. The number of anilines is 1. The third-order valence-corrected chi connectivity index (χ3v) is 4.70. The SMILES string of the molecule is CCCCCOCCOCCOCCOCCOCCOCCNc1ccc([N+](=O)[O-])cc1[N+](=O)[O-]. The minimum atomic E-state index is -0.677. The van der Waals surface area contributed by atoms with E-state index in [-0.39, 0.29) is 17.1 Å². The van der Waals surface area contributed by atoms with Gasteiger partial charge in [-0.3, -0.25) is 20.2 Å². The second-order valence-corrected chi connectivity index (χ2v) is 7.52. The smallest absolute Gasteiger partial charge is 0.299 e. The molecule has 0 spiro atoms. The molecule has 206 valence electrons. The van der Waals surface area contributed by atoms with E-state index in [0.29, 0.717) is 79.2 Å². The van der Waals surface area contributed by atoms with E-state index in [4.69, 9.17) is 28.4 Å². The molecule has 0 bridgehead atoms. The van der Waals surface area contributed by atoms with Crippen molar-refractivity contribution < 1.29 is 38.3 Å².